The van der Waals surface area contributed by atoms with E-state index in [1.54, 1.807) is 0 Å². The SMILES string of the molecule is CCOCC1CCCN1c1c(C)cc(C)cc1C. The van der Waals surface area contributed by atoms with Gasteiger partial charge in [-0.05, 0) is 51.7 Å². The highest BCUT2D eigenvalue weighted by molar-refractivity contribution is 5.61. The van der Waals surface area contributed by atoms with Gasteiger partial charge in [0.2, 0.25) is 0 Å². The van der Waals surface area contributed by atoms with Gasteiger partial charge < -0.3 is 9.64 Å². The van der Waals surface area contributed by atoms with Crippen LogP contribution in [0.2, 0.25) is 0 Å². The number of benzene rings is 1. The van der Waals surface area contributed by atoms with E-state index >= 15 is 0 Å². The van der Waals surface area contributed by atoms with Gasteiger partial charge in [-0.3, -0.25) is 0 Å². The van der Waals surface area contributed by atoms with Crippen LogP contribution in [-0.4, -0.2) is 25.8 Å². The third kappa shape index (κ3) is 2.69. The Morgan fingerprint density at radius 2 is 1.89 bits per heavy atom. The summed E-state index contributed by atoms with van der Waals surface area (Å²) in [5, 5.41) is 0. The molecule has 1 aliphatic heterocycles. The number of anilines is 1. The van der Waals surface area contributed by atoms with Gasteiger partial charge in [-0.25, -0.2) is 0 Å². The molecule has 0 aliphatic carbocycles. The van der Waals surface area contributed by atoms with Crippen molar-refractivity contribution in [2.45, 2.75) is 46.6 Å². The van der Waals surface area contributed by atoms with Crippen LogP contribution in [0.25, 0.3) is 0 Å². The lowest BCUT2D eigenvalue weighted by Gasteiger charge is -2.30. The van der Waals surface area contributed by atoms with E-state index in [0.29, 0.717) is 6.04 Å². The molecule has 0 spiro atoms. The van der Waals surface area contributed by atoms with E-state index in [0.717, 1.165) is 13.2 Å². The second-order valence-corrected chi connectivity index (χ2v) is 5.40. The summed E-state index contributed by atoms with van der Waals surface area (Å²) in [5.74, 6) is 0. The van der Waals surface area contributed by atoms with Crippen molar-refractivity contribution in [3.8, 4) is 0 Å². The van der Waals surface area contributed by atoms with E-state index in [9.17, 15) is 0 Å². The van der Waals surface area contributed by atoms with Crippen LogP contribution in [0.4, 0.5) is 5.69 Å². The molecule has 1 fully saturated rings. The van der Waals surface area contributed by atoms with E-state index in [2.05, 4.69) is 44.7 Å². The lowest BCUT2D eigenvalue weighted by molar-refractivity contribution is 0.134. The topological polar surface area (TPSA) is 12.5 Å². The second-order valence-electron chi connectivity index (χ2n) is 5.40. The van der Waals surface area contributed by atoms with Crippen molar-refractivity contribution < 1.29 is 4.74 Å². The normalized spacial score (nSPS) is 19.6. The first-order valence-corrected chi connectivity index (χ1v) is 7.05. The molecule has 0 amide bonds. The molecule has 0 bridgehead atoms. The standard InChI is InChI=1S/C16H25NO/c1-5-18-11-15-7-6-8-17(15)16-13(3)9-12(2)10-14(16)4/h9-10,15H,5-8,11H2,1-4H3. The lowest BCUT2D eigenvalue weighted by atomic mass is 10.0. The Morgan fingerprint density at radius 3 is 2.50 bits per heavy atom. The smallest absolute Gasteiger partial charge is 0.0669 e. The molecule has 100 valence electrons. The number of hydrogen-bond donors (Lipinski definition) is 0. The Morgan fingerprint density at radius 1 is 1.22 bits per heavy atom. The maximum atomic E-state index is 5.63. The van der Waals surface area contributed by atoms with Gasteiger partial charge in [0.05, 0.1) is 12.6 Å². The van der Waals surface area contributed by atoms with Crippen molar-refractivity contribution in [2.24, 2.45) is 0 Å². The predicted octanol–water partition coefficient (Wildman–Crippen LogP) is 3.62. The van der Waals surface area contributed by atoms with Crippen LogP contribution in [0.3, 0.4) is 0 Å². The summed E-state index contributed by atoms with van der Waals surface area (Å²) in [5.41, 5.74) is 5.59. The zero-order valence-corrected chi connectivity index (χ0v) is 12.1. The first kappa shape index (κ1) is 13.4. The molecule has 0 N–H and O–H groups in total. The van der Waals surface area contributed by atoms with E-state index in [4.69, 9.17) is 4.74 Å². The number of ether oxygens (including phenoxy) is 1. The van der Waals surface area contributed by atoms with Gasteiger partial charge in [0.25, 0.3) is 0 Å². The van der Waals surface area contributed by atoms with Gasteiger partial charge in [0, 0.05) is 18.8 Å². The third-order valence-corrected chi connectivity index (χ3v) is 3.81. The van der Waals surface area contributed by atoms with E-state index in [1.807, 2.05) is 0 Å². The monoisotopic (exact) mass is 247 g/mol. The quantitative estimate of drug-likeness (QED) is 0.806. The van der Waals surface area contributed by atoms with Gasteiger partial charge in [-0.15, -0.1) is 0 Å². The lowest BCUT2D eigenvalue weighted by Crippen LogP contribution is -2.34. The Bertz CT molecular complexity index is 391. The highest BCUT2D eigenvalue weighted by Gasteiger charge is 2.26. The molecule has 18 heavy (non-hydrogen) atoms. The largest absolute Gasteiger partial charge is 0.380 e. The van der Waals surface area contributed by atoms with Gasteiger partial charge in [-0.2, -0.15) is 0 Å². The Kier molecular flexibility index (Phi) is 4.28. The molecule has 1 aromatic carbocycles. The van der Waals surface area contributed by atoms with Gasteiger partial charge in [0.1, 0.15) is 0 Å². The summed E-state index contributed by atoms with van der Waals surface area (Å²) >= 11 is 0. The predicted molar refractivity (Wildman–Crippen MR) is 77.5 cm³/mol. The zero-order chi connectivity index (χ0) is 13.1. The van der Waals surface area contributed by atoms with Crippen molar-refractivity contribution in [1.29, 1.82) is 0 Å². The van der Waals surface area contributed by atoms with Crippen LogP contribution in [0.15, 0.2) is 12.1 Å². The minimum Gasteiger partial charge on any atom is -0.380 e. The highest BCUT2D eigenvalue weighted by Crippen LogP contribution is 2.32. The van der Waals surface area contributed by atoms with E-state index < -0.39 is 0 Å². The summed E-state index contributed by atoms with van der Waals surface area (Å²) < 4.78 is 5.63. The van der Waals surface area contributed by atoms with E-state index in [-0.39, 0.29) is 0 Å². The Balaban J connectivity index is 2.24. The average molecular weight is 247 g/mol. The van der Waals surface area contributed by atoms with Gasteiger partial charge in [-0.1, -0.05) is 17.7 Å². The van der Waals surface area contributed by atoms with Crippen LogP contribution >= 0.6 is 0 Å². The van der Waals surface area contributed by atoms with Gasteiger partial charge in [0.15, 0.2) is 0 Å². The second kappa shape index (κ2) is 5.75. The molecule has 1 saturated heterocycles. The number of aryl methyl sites for hydroxylation is 3. The molecule has 1 heterocycles. The van der Waals surface area contributed by atoms with Crippen LogP contribution in [0, 0.1) is 20.8 Å². The molecular formula is C16H25NO. The molecular weight excluding hydrogens is 222 g/mol. The summed E-state index contributed by atoms with van der Waals surface area (Å²) in [4.78, 5) is 2.56. The first-order valence-electron chi connectivity index (χ1n) is 7.05. The highest BCUT2D eigenvalue weighted by atomic mass is 16.5. The minimum absolute atomic E-state index is 0.560. The molecule has 2 rings (SSSR count). The fourth-order valence-corrected chi connectivity index (χ4v) is 3.18. The molecule has 2 nitrogen and oxygen atoms in total. The molecule has 1 aromatic rings. The molecule has 2 heteroatoms. The molecule has 0 saturated carbocycles. The Labute approximate surface area is 111 Å². The van der Waals surface area contributed by atoms with Crippen molar-refractivity contribution in [1.82, 2.24) is 0 Å². The maximum Gasteiger partial charge on any atom is 0.0669 e. The molecule has 0 aromatic heterocycles. The first-order chi connectivity index (χ1) is 8.63. The summed E-state index contributed by atoms with van der Waals surface area (Å²) in [7, 11) is 0. The van der Waals surface area contributed by atoms with Crippen LogP contribution < -0.4 is 4.90 Å². The minimum atomic E-state index is 0.560. The molecule has 0 radical (unpaired) electrons. The average Bonchev–Trinajstić information content (AvgIpc) is 2.73. The summed E-state index contributed by atoms with van der Waals surface area (Å²) in [6.45, 7) is 11.5. The number of hydrogen-bond acceptors (Lipinski definition) is 2. The fourth-order valence-electron chi connectivity index (χ4n) is 3.18. The van der Waals surface area contributed by atoms with Crippen molar-refractivity contribution >= 4 is 5.69 Å². The third-order valence-electron chi connectivity index (χ3n) is 3.81. The van der Waals surface area contributed by atoms with Gasteiger partial charge >= 0.3 is 0 Å². The zero-order valence-electron chi connectivity index (χ0n) is 12.1. The summed E-state index contributed by atoms with van der Waals surface area (Å²) in [6, 6.07) is 5.14. The van der Waals surface area contributed by atoms with Crippen LogP contribution in [0.1, 0.15) is 36.5 Å². The molecule has 1 unspecified atom stereocenters. The molecule has 1 atom stereocenters. The van der Waals surface area contributed by atoms with Crippen molar-refractivity contribution in [3.63, 3.8) is 0 Å². The van der Waals surface area contributed by atoms with Crippen molar-refractivity contribution in [2.75, 3.05) is 24.7 Å². The molecule has 1 aliphatic rings. The Hall–Kier alpha value is -1.02. The fraction of sp³-hybridized carbons (Fsp3) is 0.625. The number of nitrogens with zero attached hydrogens (tertiary/aromatic N) is 1. The van der Waals surface area contributed by atoms with E-state index in [1.165, 1.54) is 41.8 Å². The summed E-state index contributed by atoms with van der Waals surface area (Å²) in [6.07, 6.45) is 2.54. The number of rotatable bonds is 4. The van der Waals surface area contributed by atoms with Crippen LogP contribution in [0.5, 0.6) is 0 Å². The van der Waals surface area contributed by atoms with Crippen molar-refractivity contribution in [3.05, 3.63) is 28.8 Å². The van der Waals surface area contributed by atoms with Crippen LogP contribution in [-0.2, 0) is 4.74 Å². The maximum absolute atomic E-state index is 5.63.